The van der Waals surface area contributed by atoms with Crippen molar-refractivity contribution >= 4 is 47.8 Å². The zero-order valence-electron chi connectivity index (χ0n) is 12.4. The van der Waals surface area contributed by atoms with E-state index >= 15 is 0 Å². The monoisotopic (exact) mass is 474 g/mol. The second-order valence-corrected chi connectivity index (χ2v) is 7.86. The third-order valence-corrected chi connectivity index (χ3v) is 5.79. The largest absolute Gasteiger partial charge is 0.496 e. The lowest BCUT2D eigenvalue weighted by atomic mass is 9.96. The van der Waals surface area contributed by atoms with Crippen LogP contribution in [0.2, 0.25) is 0 Å². The van der Waals surface area contributed by atoms with Crippen molar-refractivity contribution < 1.29 is 4.74 Å². The lowest BCUT2D eigenvalue weighted by molar-refractivity contribution is 0.406. The lowest BCUT2D eigenvalue weighted by Gasteiger charge is -2.21. The van der Waals surface area contributed by atoms with Gasteiger partial charge in [0.05, 0.1) is 11.9 Å². The Balaban J connectivity index is 2.64. The molecule has 112 valence electrons. The molecule has 0 aromatic heterocycles. The number of hydrogen-bond acceptors (Lipinski definition) is 1. The van der Waals surface area contributed by atoms with Gasteiger partial charge in [-0.15, -0.1) is 0 Å². The van der Waals surface area contributed by atoms with Crippen molar-refractivity contribution in [1.82, 2.24) is 0 Å². The molecule has 0 N–H and O–H groups in total. The maximum atomic E-state index is 5.65. The number of methoxy groups -OCH3 is 1. The van der Waals surface area contributed by atoms with Crippen LogP contribution in [0.4, 0.5) is 0 Å². The van der Waals surface area contributed by atoms with Gasteiger partial charge in [-0.3, -0.25) is 0 Å². The normalized spacial score (nSPS) is 12.3. The first-order valence-electron chi connectivity index (χ1n) is 6.60. The van der Waals surface area contributed by atoms with E-state index in [1.807, 2.05) is 0 Å². The van der Waals surface area contributed by atoms with Crippen LogP contribution in [0.5, 0.6) is 5.75 Å². The summed E-state index contributed by atoms with van der Waals surface area (Å²) in [5.41, 5.74) is 5.92. The standard InChI is InChI=1S/C17H17Br3O/c1-9-5-12(8-13(18)6-9)16(20)15-11(3)14(19)7-10(2)17(15)21-4/h5-8,16H,1-4H3. The van der Waals surface area contributed by atoms with Crippen molar-refractivity contribution in [1.29, 1.82) is 0 Å². The molecule has 1 nitrogen and oxygen atoms in total. The molecule has 0 heterocycles. The van der Waals surface area contributed by atoms with Gasteiger partial charge in [-0.1, -0.05) is 53.9 Å². The molecule has 0 bridgehead atoms. The van der Waals surface area contributed by atoms with E-state index in [1.54, 1.807) is 7.11 Å². The molecule has 21 heavy (non-hydrogen) atoms. The first-order valence-corrected chi connectivity index (χ1v) is 9.10. The quantitative estimate of drug-likeness (QED) is 0.452. The molecule has 0 aliphatic heterocycles. The van der Waals surface area contributed by atoms with Crippen molar-refractivity contribution in [3.63, 3.8) is 0 Å². The van der Waals surface area contributed by atoms with Gasteiger partial charge in [0.1, 0.15) is 5.75 Å². The Labute approximate surface area is 151 Å². The zero-order chi connectivity index (χ0) is 15.7. The Morgan fingerprint density at radius 2 is 1.67 bits per heavy atom. The van der Waals surface area contributed by atoms with Gasteiger partial charge in [0.15, 0.2) is 0 Å². The molecule has 0 saturated heterocycles. The highest BCUT2D eigenvalue weighted by molar-refractivity contribution is 9.11. The first-order chi connectivity index (χ1) is 9.85. The SMILES string of the molecule is COc1c(C)cc(Br)c(C)c1C(Br)c1cc(C)cc(Br)c1. The predicted molar refractivity (Wildman–Crippen MR) is 99.8 cm³/mol. The van der Waals surface area contributed by atoms with Crippen LogP contribution in [0.3, 0.4) is 0 Å². The van der Waals surface area contributed by atoms with Gasteiger partial charge in [0.2, 0.25) is 0 Å². The zero-order valence-corrected chi connectivity index (χ0v) is 17.2. The van der Waals surface area contributed by atoms with Crippen molar-refractivity contribution in [2.45, 2.75) is 25.6 Å². The van der Waals surface area contributed by atoms with Crippen LogP contribution in [-0.4, -0.2) is 7.11 Å². The van der Waals surface area contributed by atoms with Gasteiger partial charge in [-0.2, -0.15) is 0 Å². The van der Waals surface area contributed by atoms with Crippen LogP contribution in [0.25, 0.3) is 0 Å². The third-order valence-electron chi connectivity index (χ3n) is 3.52. The Kier molecular flexibility index (Phi) is 5.55. The van der Waals surface area contributed by atoms with Gasteiger partial charge in [0.25, 0.3) is 0 Å². The second kappa shape index (κ2) is 6.84. The highest BCUT2D eigenvalue weighted by atomic mass is 79.9. The van der Waals surface area contributed by atoms with Crippen molar-refractivity contribution in [2.75, 3.05) is 7.11 Å². The van der Waals surface area contributed by atoms with Crippen molar-refractivity contribution in [3.8, 4) is 5.75 Å². The average Bonchev–Trinajstić information content (AvgIpc) is 2.40. The van der Waals surface area contributed by atoms with Gasteiger partial charge < -0.3 is 4.74 Å². The van der Waals surface area contributed by atoms with Gasteiger partial charge in [-0.25, -0.2) is 0 Å². The minimum atomic E-state index is 0.0832. The Hall–Kier alpha value is -0.320. The summed E-state index contributed by atoms with van der Waals surface area (Å²) in [6, 6.07) is 8.55. The number of aryl methyl sites for hydroxylation is 2. The first kappa shape index (κ1) is 17.0. The maximum Gasteiger partial charge on any atom is 0.126 e. The molecule has 1 unspecified atom stereocenters. The van der Waals surface area contributed by atoms with Crippen LogP contribution in [0.15, 0.2) is 33.2 Å². The number of benzene rings is 2. The summed E-state index contributed by atoms with van der Waals surface area (Å²) in [6.07, 6.45) is 0. The van der Waals surface area contributed by atoms with E-state index < -0.39 is 0 Å². The number of halogens is 3. The van der Waals surface area contributed by atoms with E-state index in [0.29, 0.717) is 0 Å². The molecule has 0 saturated carbocycles. The number of hydrogen-bond donors (Lipinski definition) is 0. The maximum absolute atomic E-state index is 5.65. The summed E-state index contributed by atoms with van der Waals surface area (Å²) >= 11 is 11.1. The number of ether oxygens (including phenoxy) is 1. The third kappa shape index (κ3) is 3.54. The molecule has 2 rings (SSSR count). The minimum Gasteiger partial charge on any atom is -0.496 e. The highest BCUT2D eigenvalue weighted by Crippen LogP contribution is 2.43. The summed E-state index contributed by atoms with van der Waals surface area (Å²) in [7, 11) is 1.73. The molecule has 0 radical (unpaired) electrons. The molecule has 2 aromatic carbocycles. The molecule has 2 aromatic rings. The van der Waals surface area contributed by atoms with E-state index in [9.17, 15) is 0 Å². The van der Waals surface area contributed by atoms with Crippen molar-refractivity contribution in [3.05, 3.63) is 61.0 Å². The van der Waals surface area contributed by atoms with Gasteiger partial charge in [-0.05, 0) is 61.2 Å². The topological polar surface area (TPSA) is 9.23 Å². The second-order valence-electron chi connectivity index (χ2n) is 5.17. The fraction of sp³-hybridized carbons (Fsp3) is 0.294. The van der Waals surface area contributed by atoms with E-state index in [0.717, 1.165) is 20.3 Å². The lowest BCUT2D eigenvalue weighted by Crippen LogP contribution is -2.03. The molecule has 0 fully saturated rings. The Morgan fingerprint density at radius 3 is 2.24 bits per heavy atom. The van der Waals surface area contributed by atoms with E-state index in [1.165, 1.54) is 22.3 Å². The van der Waals surface area contributed by atoms with E-state index in [4.69, 9.17) is 4.74 Å². The van der Waals surface area contributed by atoms with Crippen LogP contribution in [0, 0.1) is 20.8 Å². The van der Waals surface area contributed by atoms with Crippen LogP contribution in [0.1, 0.15) is 32.6 Å². The van der Waals surface area contributed by atoms with Crippen LogP contribution >= 0.6 is 47.8 Å². The molecular weight excluding hydrogens is 460 g/mol. The smallest absolute Gasteiger partial charge is 0.126 e. The van der Waals surface area contributed by atoms with Gasteiger partial charge >= 0.3 is 0 Å². The van der Waals surface area contributed by atoms with E-state index in [2.05, 4.69) is 92.8 Å². The van der Waals surface area contributed by atoms with Gasteiger partial charge in [0, 0.05) is 14.5 Å². The predicted octanol–water partition coefficient (Wildman–Crippen LogP) is 6.63. The average molecular weight is 477 g/mol. The molecule has 1 atom stereocenters. The number of rotatable bonds is 3. The summed E-state index contributed by atoms with van der Waals surface area (Å²) < 4.78 is 7.84. The highest BCUT2D eigenvalue weighted by Gasteiger charge is 2.21. The van der Waals surface area contributed by atoms with E-state index in [-0.39, 0.29) is 4.83 Å². The Morgan fingerprint density at radius 1 is 1.00 bits per heavy atom. The minimum absolute atomic E-state index is 0.0832. The Bertz CT molecular complexity index is 660. The number of alkyl halides is 1. The van der Waals surface area contributed by atoms with Crippen LogP contribution < -0.4 is 4.74 Å². The molecule has 0 aliphatic rings. The molecular formula is C17H17Br3O. The fourth-order valence-electron chi connectivity index (χ4n) is 2.53. The summed E-state index contributed by atoms with van der Waals surface area (Å²) in [4.78, 5) is 0.0832. The summed E-state index contributed by atoms with van der Waals surface area (Å²) in [5.74, 6) is 0.940. The fourth-order valence-corrected chi connectivity index (χ4v) is 4.53. The molecule has 0 aliphatic carbocycles. The molecule has 4 heteroatoms. The van der Waals surface area contributed by atoms with Crippen LogP contribution in [-0.2, 0) is 0 Å². The summed E-state index contributed by atoms with van der Waals surface area (Å²) in [6.45, 7) is 6.28. The summed E-state index contributed by atoms with van der Waals surface area (Å²) in [5, 5.41) is 0. The molecule has 0 spiro atoms. The molecule has 0 amide bonds. The van der Waals surface area contributed by atoms with Crippen molar-refractivity contribution in [2.24, 2.45) is 0 Å².